The Bertz CT molecular complexity index is 459. The minimum atomic E-state index is 0.207. The first kappa shape index (κ1) is 11.8. The van der Waals surface area contributed by atoms with Gasteiger partial charge in [-0.05, 0) is 38.2 Å². The first-order valence-electron chi connectivity index (χ1n) is 5.88. The summed E-state index contributed by atoms with van der Waals surface area (Å²) >= 11 is 0. The van der Waals surface area contributed by atoms with Gasteiger partial charge in [0.25, 0.3) is 0 Å². The van der Waals surface area contributed by atoms with Gasteiger partial charge in [-0.1, -0.05) is 0 Å². The van der Waals surface area contributed by atoms with Gasteiger partial charge in [0.05, 0.1) is 5.69 Å². The van der Waals surface area contributed by atoms with Gasteiger partial charge in [-0.3, -0.25) is 0 Å². The van der Waals surface area contributed by atoms with E-state index in [0.717, 1.165) is 11.3 Å². The highest BCUT2D eigenvalue weighted by Crippen LogP contribution is 2.34. The molecule has 1 heterocycles. The van der Waals surface area contributed by atoms with Crippen LogP contribution >= 0.6 is 0 Å². The predicted molar refractivity (Wildman–Crippen MR) is 65.4 cm³/mol. The van der Waals surface area contributed by atoms with E-state index in [4.69, 9.17) is 5.73 Å². The second kappa shape index (κ2) is 4.68. The van der Waals surface area contributed by atoms with Gasteiger partial charge in [0.2, 0.25) is 0 Å². The SMILES string of the molecule is Cc1nnc(NC(CN)C2CC2)c(C#N)c1C. The fourth-order valence-corrected chi connectivity index (χ4v) is 1.89. The highest BCUT2D eigenvalue weighted by atomic mass is 15.2. The Kier molecular flexibility index (Phi) is 3.25. The van der Waals surface area contributed by atoms with Crippen LogP contribution in [0.1, 0.15) is 29.7 Å². The molecule has 0 aliphatic heterocycles. The molecule has 5 nitrogen and oxygen atoms in total. The van der Waals surface area contributed by atoms with Crippen molar-refractivity contribution in [2.45, 2.75) is 32.7 Å². The van der Waals surface area contributed by atoms with E-state index < -0.39 is 0 Å². The van der Waals surface area contributed by atoms with Crippen LogP contribution in [0.4, 0.5) is 5.82 Å². The third kappa shape index (κ3) is 2.37. The van der Waals surface area contributed by atoms with Gasteiger partial charge >= 0.3 is 0 Å². The number of nitrogens with zero attached hydrogens (tertiary/aromatic N) is 3. The zero-order valence-corrected chi connectivity index (χ0v) is 10.2. The lowest BCUT2D eigenvalue weighted by atomic mass is 10.1. The number of rotatable bonds is 4. The molecule has 1 aliphatic carbocycles. The van der Waals surface area contributed by atoms with Crippen molar-refractivity contribution in [1.82, 2.24) is 10.2 Å². The maximum absolute atomic E-state index is 9.17. The molecule has 0 amide bonds. The maximum Gasteiger partial charge on any atom is 0.167 e. The molecule has 0 saturated heterocycles. The summed E-state index contributed by atoms with van der Waals surface area (Å²) in [6.45, 7) is 4.31. The van der Waals surface area contributed by atoms with Crippen LogP contribution in [0.3, 0.4) is 0 Å². The van der Waals surface area contributed by atoms with E-state index in [1.165, 1.54) is 12.8 Å². The van der Waals surface area contributed by atoms with Crippen molar-refractivity contribution in [3.8, 4) is 6.07 Å². The van der Waals surface area contributed by atoms with Gasteiger partial charge in [0.1, 0.15) is 11.6 Å². The van der Waals surface area contributed by atoms with Gasteiger partial charge in [0, 0.05) is 12.6 Å². The zero-order valence-electron chi connectivity index (χ0n) is 10.2. The summed E-state index contributed by atoms with van der Waals surface area (Å²) in [5.41, 5.74) is 7.99. The van der Waals surface area contributed by atoms with Crippen molar-refractivity contribution in [1.29, 1.82) is 5.26 Å². The van der Waals surface area contributed by atoms with E-state index in [1.54, 1.807) is 0 Å². The molecule has 1 fully saturated rings. The molecule has 3 N–H and O–H groups in total. The lowest BCUT2D eigenvalue weighted by Gasteiger charge is -2.17. The molecular weight excluding hydrogens is 214 g/mol. The number of nitrogens with two attached hydrogens (primary N) is 1. The Morgan fingerprint density at radius 3 is 2.71 bits per heavy atom. The minimum Gasteiger partial charge on any atom is -0.363 e. The summed E-state index contributed by atoms with van der Waals surface area (Å²) < 4.78 is 0. The lowest BCUT2D eigenvalue weighted by molar-refractivity contribution is 0.640. The minimum absolute atomic E-state index is 0.207. The molecule has 1 atom stereocenters. The molecule has 2 rings (SSSR count). The summed E-state index contributed by atoms with van der Waals surface area (Å²) in [4.78, 5) is 0. The van der Waals surface area contributed by atoms with Crippen molar-refractivity contribution in [3.63, 3.8) is 0 Å². The number of aryl methyl sites for hydroxylation is 1. The van der Waals surface area contributed by atoms with Crippen molar-refractivity contribution in [3.05, 3.63) is 16.8 Å². The highest BCUT2D eigenvalue weighted by molar-refractivity contribution is 5.56. The molecule has 0 bridgehead atoms. The first-order chi connectivity index (χ1) is 8.17. The maximum atomic E-state index is 9.17. The van der Waals surface area contributed by atoms with Gasteiger partial charge < -0.3 is 11.1 Å². The second-order valence-electron chi connectivity index (χ2n) is 4.57. The Labute approximate surface area is 101 Å². The van der Waals surface area contributed by atoms with Crippen molar-refractivity contribution in [2.75, 3.05) is 11.9 Å². The molecule has 1 aliphatic rings. The molecule has 90 valence electrons. The fraction of sp³-hybridized carbons (Fsp3) is 0.583. The molecule has 5 heteroatoms. The lowest BCUT2D eigenvalue weighted by Crippen LogP contribution is -2.31. The smallest absolute Gasteiger partial charge is 0.167 e. The number of nitrogens with one attached hydrogen (secondary N) is 1. The van der Waals surface area contributed by atoms with Crippen molar-refractivity contribution < 1.29 is 0 Å². The summed E-state index contributed by atoms with van der Waals surface area (Å²) in [5.74, 6) is 1.19. The Balaban J connectivity index is 2.26. The van der Waals surface area contributed by atoms with E-state index in [2.05, 4.69) is 21.6 Å². The highest BCUT2D eigenvalue weighted by Gasteiger charge is 2.31. The van der Waals surface area contributed by atoms with E-state index in [-0.39, 0.29) is 6.04 Å². The predicted octanol–water partition coefficient (Wildman–Crippen LogP) is 1.11. The number of aromatic nitrogens is 2. The zero-order chi connectivity index (χ0) is 12.4. The second-order valence-corrected chi connectivity index (χ2v) is 4.57. The number of nitriles is 1. The quantitative estimate of drug-likeness (QED) is 0.810. The van der Waals surface area contributed by atoms with Crippen molar-refractivity contribution in [2.24, 2.45) is 11.7 Å². The van der Waals surface area contributed by atoms with Gasteiger partial charge in [-0.2, -0.15) is 10.4 Å². The van der Waals surface area contributed by atoms with Gasteiger partial charge in [-0.15, -0.1) is 5.10 Å². The molecule has 1 saturated carbocycles. The first-order valence-corrected chi connectivity index (χ1v) is 5.88. The standard InChI is InChI=1S/C12H17N5/c1-7-8(2)16-17-12(10(7)5-13)15-11(6-14)9-3-4-9/h9,11H,3-4,6,14H2,1-2H3,(H,15,17). The molecular formula is C12H17N5. The van der Waals surface area contributed by atoms with E-state index >= 15 is 0 Å². The van der Waals surface area contributed by atoms with Crippen LogP contribution in [-0.2, 0) is 0 Å². The Hall–Kier alpha value is -1.67. The van der Waals surface area contributed by atoms with E-state index in [1.807, 2.05) is 13.8 Å². The van der Waals surface area contributed by atoms with Crippen LogP contribution in [0.5, 0.6) is 0 Å². The summed E-state index contributed by atoms with van der Waals surface area (Å²) in [5, 5.41) is 20.6. The molecule has 0 radical (unpaired) electrons. The third-order valence-corrected chi connectivity index (χ3v) is 3.33. The van der Waals surface area contributed by atoms with Crippen LogP contribution in [0.25, 0.3) is 0 Å². The molecule has 17 heavy (non-hydrogen) atoms. The normalized spacial score (nSPS) is 16.4. The van der Waals surface area contributed by atoms with E-state index in [9.17, 15) is 5.26 Å². The molecule has 1 aromatic heterocycles. The summed E-state index contributed by atoms with van der Waals surface area (Å²) in [6.07, 6.45) is 2.41. The van der Waals surface area contributed by atoms with Crippen LogP contribution in [0.15, 0.2) is 0 Å². The molecule has 1 aromatic rings. The van der Waals surface area contributed by atoms with Gasteiger partial charge in [-0.25, -0.2) is 0 Å². The number of hydrogen-bond acceptors (Lipinski definition) is 5. The Morgan fingerprint density at radius 1 is 1.47 bits per heavy atom. The average Bonchev–Trinajstić information content (AvgIpc) is 3.15. The molecule has 0 spiro atoms. The fourth-order valence-electron chi connectivity index (χ4n) is 1.89. The largest absolute Gasteiger partial charge is 0.363 e. The van der Waals surface area contributed by atoms with E-state index in [0.29, 0.717) is 23.8 Å². The molecule has 1 unspecified atom stereocenters. The topological polar surface area (TPSA) is 87.6 Å². The summed E-state index contributed by atoms with van der Waals surface area (Å²) in [6, 6.07) is 2.39. The number of anilines is 1. The Morgan fingerprint density at radius 2 is 2.18 bits per heavy atom. The average molecular weight is 231 g/mol. The van der Waals surface area contributed by atoms with Crippen LogP contribution in [0, 0.1) is 31.1 Å². The summed E-state index contributed by atoms with van der Waals surface area (Å²) in [7, 11) is 0. The van der Waals surface area contributed by atoms with Crippen molar-refractivity contribution >= 4 is 5.82 Å². The molecule has 0 aromatic carbocycles. The van der Waals surface area contributed by atoms with Crippen LogP contribution < -0.4 is 11.1 Å². The monoisotopic (exact) mass is 231 g/mol. The van der Waals surface area contributed by atoms with Crippen LogP contribution in [0.2, 0.25) is 0 Å². The third-order valence-electron chi connectivity index (χ3n) is 3.33. The van der Waals surface area contributed by atoms with Crippen LogP contribution in [-0.4, -0.2) is 22.8 Å². The van der Waals surface area contributed by atoms with Gasteiger partial charge in [0.15, 0.2) is 5.82 Å². The number of hydrogen-bond donors (Lipinski definition) is 2.